The van der Waals surface area contributed by atoms with Crippen molar-refractivity contribution in [3.63, 3.8) is 0 Å². The zero-order chi connectivity index (χ0) is 7.28. The minimum atomic E-state index is 0.903. The van der Waals surface area contributed by atoms with Gasteiger partial charge >= 0.3 is 0 Å². The molecule has 0 radical (unpaired) electrons. The van der Waals surface area contributed by atoms with Crippen molar-refractivity contribution in [1.29, 1.82) is 0 Å². The number of nitrogens with two attached hydrogens (primary N) is 1. The van der Waals surface area contributed by atoms with E-state index in [1.807, 2.05) is 13.8 Å². The Morgan fingerprint density at radius 1 is 1.44 bits per heavy atom. The zero-order valence-corrected chi connectivity index (χ0v) is 6.44. The Hall–Kier alpha value is -0.720. The monoisotopic (exact) mass is 125 g/mol. The van der Waals surface area contributed by atoms with Gasteiger partial charge in [-0.15, -0.1) is 0 Å². The first-order valence-electron chi connectivity index (χ1n) is 3.28. The molecule has 2 N–H and O–H groups in total. The average molecular weight is 125 g/mol. The lowest BCUT2D eigenvalue weighted by molar-refractivity contribution is 1.19. The Bertz CT molecular complexity index is 128. The molecule has 0 atom stereocenters. The van der Waals surface area contributed by atoms with Crippen LogP contribution in [0.5, 0.6) is 0 Å². The molecule has 0 aliphatic heterocycles. The van der Waals surface area contributed by atoms with Crippen LogP contribution in [0.3, 0.4) is 0 Å². The third-order valence-electron chi connectivity index (χ3n) is 1.23. The van der Waals surface area contributed by atoms with E-state index >= 15 is 0 Å². The summed E-state index contributed by atoms with van der Waals surface area (Å²) in [6.45, 7) is 6.03. The molecule has 9 heavy (non-hydrogen) atoms. The van der Waals surface area contributed by atoms with Gasteiger partial charge in [0.2, 0.25) is 0 Å². The summed E-state index contributed by atoms with van der Waals surface area (Å²) in [5.74, 6) is 0. The Kier molecular flexibility index (Phi) is 3.85. The summed E-state index contributed by atoms with van der Waals surface area (Å²) in [7, 11) is 0. The summed E-state index contributed by atoms with van der Waals surface area (Å²) in [5, 5.41) is 0. The van der Waals surface area contributed by atoms with Gasteiger partial charge in [0.25, 0.3) is 0 Å². The molecule has 0 spiro atoms. The Morgan fingerprint density at radius 3 is 2.33 bits per heavy atom. The van der Waals surface area contributed by atoms with Crippen LogP contribution in [-0.4, -0.2) is 0 Å². The van der Waals surface area contributed by atoms with Crippen molar-refractivity contribution < 1.29 is 0 Å². The summed E-state index contributed by atoms with van der Waals surface area (Å²) in [4.78, 5) is 0. The highest BCUT2D eigenvalue weighted by atomic mass is 14.5. The number of allylic oxidation sites excluding steroid dienone is 4. The first-order valence-corrected chi connectivity index (χ1v) is 3.28. The summed E-state index contributed by atoms with van der Waals surface area (Å²) >= 11 is 0. The van der Waals surface area contributed by atoms with Crippen molar-refractivity contribution in [2.24, 2.45) is 5.73 Å². The average Bonchev–Trinajstić information content (AvgIpc) is 1.82. The molecule has 0 saturated heterocycles. The van der Waals surface area contributed by atoms with Crippen molar-refractivity contribution >= 4 is 0 Å². The maximum Gasteiger partial charge on any atom is 0.00784 e. The fourth-order valence-electron chi connectivity index (χ4n) is 0.426. The molecule has 0 amide bonds. The molecule has 0 aromatic carbocycles. The van der Waals surface area contributed by atoms with Gasteiger partial charge in [0.15, 0.2) is 0 Å². The van der Waals surface area contributed by atoms with E-state index in [1.54, 1.807) is 0 Å². The fourth-order valence-corrected chi connectivity index (χ4v) is 0.426. The first-order chi connectivity index (χ1) is 4.18. The second-order valence-electron chi connectivity index (χ2n) is 2.18. The van der Waals surface area contributed by atoms with E-state index in [0.29, 0.717) is 0 Å². The predicted octanol–water partition coefficient (Wildman–Crippen LogP) is 2.21. The number of hydrogen-bond donors (Lipinski definition) is 1. The first kappa shape index (κ1) is 8.28. The van der Waals surface area contributed by atoms with Gasteiger partial charge in [-0.3, -0.25) is 0 Å². The summed E-state index contributed by atoms with van der Waals surface area (Å²) in [6.07, 6.45) is 5.23. The maximum atomic E-state index is 5.51. The van der Waals surface area contributed by atoms with Gasteiger partial charge in [0, 0.05) is 5.70 Å². The molecule has 1 heteroatoms. The third kappa shape index (κ3) is 3.83. The molecular formula is C8H15N. The van der Waals surface area contributed by atoms with E-state index in [2.05, 4.69) is 19.1 Å². The van der Waals surface area contributed by atoms with Gasteiger partial charge in [-0.05, 0) is 25.8 Å². The molecule has 0 heterocycles. The predicted molar refractivity (Wildman–Crippen MR) is 42.0 cm³/mol. The minimum absolute atomic E-state index is 0.903. The van der Waals surface area contributed by atoms with Crippen LogP contribution in [0.25, 0.3) is 0 Å². The van der Waals surface area contributed by atoms with Gasteiger partial charge in [-0.1, -0.05) is 19.1 Å². The molecule has 0 unspecified atom stereocenters. The standard InChI is InChI=1S/C8H15N/c1-4-5-6-7(2)8(3)9/h5-6H,4,9H2,1-3H3. The van der Waals surface area contributed by atoms with Crippen molar-refractivity contribution in [3.8, 4) is 0 Å². The lowest BCUT2D eigenvalue weighted by Crippen LogP contribution is -1.92. The zero-order valence-electron chi connectivity index (χ0n) is 6.44. The van der Waals surface area contributed by atoms with Crippen LogP contribution in [0.2, 0.25) is 0 Å². The van der Waals surface area contributed by atoms with E-state index in [1.165, 1.54) is 0 Å². The second-order valence-corrected chi connectivity index (χ2v) is 2.18. The number of rotatable bonds is 2. The smallest absolute Gasteiger partial charge is 0.00784 e. The molecule has 0 rings (SSSR count). The highest BCUT2D eigenvalue weighted by molar-refractivity contribution is 5.19. The van der Waals surface area contributed by atoms with E-state index in [0.717, 1.165) is 17.7 Å². The van der Waals surface area contributed by atoms with Gasteiger partial charge in [0.1, 0.15) is 0 Å². The highest BCUT2D eigenvalue weighted by Gasteiger charge is 1.82. The maximum absolute atomic E-state index is 5.51. The van der Waals surface area contributed by atoms with Crippen LogP contribution in [0, 0.1) is 0 Å². The fraction of sp³-hybridized carbons (Fsp3) is 0.500. The molecule has 0 aromatic rings. The molecule has 52 valence electrons. The quantitative estimate of drug-likeness (QED) is 0.562. The number of hydrogen-bond acceptors (Lipinski definition) is 1. The molecule has 1 nitrogen and oxygen atoms in total. The van der Waals surface area contributed by atoms with Crippen molar-refractivity contribution in [2.75, 3.05) is 0 Å². The summed E-state index contributed by atoms with van der Waals surface area (Å²) in [5.41, 5.74) is 7.57. The SMILES string of the molecule is CCC=CC(C)=C(C)N. The second kappa shape index (κ2) is 4.19. The molecule has 0 saturated carbocycles. The van der Waals surface area contributed by atoms with Crippen LogP contribution >= 0.6 is 0 Å². The lowest BCUT2D eigenvalue weighted by atomic mass is 10.2. The van der Waals surface area contributed by atoms with Crippen LogP contribution in [-0.2, 0) is 0 Å². The van der Waals surface area contributed by atoms with Crippen LogP contribution in [0.4, 0.5) is 0 Å². The van der Waals surface area contributed by atoms with Gasteiger partial charge in [0.05, 0.1) is 0 Å². The minimum Gasteiger partial charge on any atom is -0.402 e. The Balaban J connectivity index is 3.91. The van der Waals surface area contributed by atoms with E-state index in [9.17, 15) is 0 Å². The van der Waals surface area contributed by atoms with E-state index in [4.69, 9.17) is 5.73 Å². The molecule has 0 aliphatic carbocycles. The summed E-state index contributed by atoms with van der Waals surface area (Å²) < 4.78 is 0. The van der Waals surface area contributed by atoms with Gasteiger partial charge in [-0.25, -0.2) is 0 Å². The Labute approximate surface area is 57.3 Å². The van der Waals surface area contributed by atoms with Crippen LogP contribution in [0.1, 0.15) is 27.2 Å². The van der Waals surface area contributed by atoms with Gasteiger partial charge in [-0.2, -0.15) is 0 Å². The molecule has 0 aromatic heterocycles. The van der Waals surface area contributed by atoms with Crippen molar-refractivity contribution in [1.82, 2.24) is 0 Å². The molecule has 0 bridgehead atoms. The molecule has 0 aliphatic rings. The van der Waals surface area contributed by atoms with E-state index in [-0.39, 0.29) is 0 Å². The Morgan fingerprint density at radius 2 is 2.00 bits per heavy atom. The highest BCUT2D eigenvalue weighted by Crippen LogP contribution is 1.98. The van der Waals surface area contributed by atoms with Crippen LogP contribution < -0.4 is 5.73 Å². The van der Waals surface area contributed by atoms with Crippen molar-refractivity contribution in [3.05, 3.63) is 23.4 Å². The topological polar surface area (TPSA) is 26.0 Å². The third-order valence-corrected chi connectivity index (χ3v) is 1.23. The lowest BCUT2D eigenvalue weighted by Gasteiger charge is -1.93. The molecule has 0 fully saturated rings. The normalized spacial score (nSPS) is 14.1. The largest absolute Gasteiger partial charge is 0.402 e. The van der Waals surface area contributed by atoms with Crippen molar-refractivity contribution in [2.45, 2.75) is 27.2 Å². The van der Waals surface area contributed by atoms with Gasteiger partial charge < -0.3 is 5.73 Å². The van der Waals surface area contributed by atoms with E-state index < -0.39 is 0 Å². The molecular weight excluding hydrogens is 110 g/mol. The summed E-state index contributed by atoms with van der Waals surface area (Å²) in [6, 6.07) is 0. The van der Waals surface area contributed by atoms with Crippen LogP contribution in [0.15, 0.2) is 23.4 Å².